The molecule has 112 valence electrons. The fourth-order valence-electron chi connectivity index (χ4n) is 2.10. The summed E-state index contributed by atoms with van der Waals surface area (Å²) in [5.41, 5.74) is -0.570. The zero-order chi connectivity index (χ0) is 15.8. The number of amides is 4. The molecule has 0 aromatic heterocycles. The summed E-state index contributed by atoms with van der Waals surface area (Å²) in [7, 11) is 3.14. The molecule has 1 aromatic carbocycles. The van der Waals surface area contributed by atoms with E-state index < -0.39 is 17.5 Å². The molecule has 0 aliphatic carbocycles. The fraction of sp³-hybridized carbons (Fsp3) is 0.357. The van der Waals surface area contributed by atoms with Gasteiger partial charge in [-0.15, -0.1) is 0 Å². The summed E-state index contributed by atoms with van der Waals surface area (Å²) in [6, 6.07) is 6.08. The van der Waals surface area contributed by atoms with Gasteiger partial charge in [0.25, 0.3) is 5.91 Å². The van der Waals surface area contributed by atoms with Crippen LogP contribution in [0.25, 0.3) is 0 Å². The lowest BCUT2D eigenvalue weighted by atomic mass is 9.92. The highest BCUT2D eigenvalue weighted by Crippen LogP contribution is 2.29. The van der Waals surface area contributed by atoms with E-state index in [0.29, 0.717) is 10.6 Å². The molecule has 4 amide bonds. The Bertz CT molecular complexity index is 600. The second-order valence-electron chi connectivity index (χ2n) is 5.24. The summed E-state index contributed by atoms with van der Waals surface area (Å²) in [6.07, 6.45) is 0. The molecule has 1 heterocycles. The quantitative estimate of drug-likeness (QED) is 0.853. The number of rotatable bonds is 3. The molecule has 2 rings (SSSR count). The van der Waals surface area contributed by atoms with Gasteiger partial charge in [-0.05, 0) is 24.6 Å². The number of likely N-dealkylation sites (N-methyl/N-ethyl adjacent to an activating group) is 1. The van der Waals surface area contributed by atoms with Crippen LogP contribution in [0.15, 0.2) is 24.3 Å². The average Bonchev–Trinajstić information content (AvgIpc) is 2.63. The van der Waals surface area contributed by atoms with Crippen molar-refractivity contribution in [1.82, 2.24) is 15.1 Å². The number of benzene rings is 1. The van der Waals surface area contributed by atoms with Crippen LogP contribution in [-0.2, 0) is 15.1 Å². The van der Waals surface area contributed by atoms with Crippen LogP contribution in [0.2, 0.25) is 5.02 Å². The van der Waals surface area contributed by atoms with E-state index >= 15 is 0 Å². The maximum Gasteiger partial charge on any atom is 0.325 e. The average molecular weight is 310 g/mol. The first-order chi connectivity index (χ1) is 9.75. The number of hydrogen-bond acceptors (Lipinski definition) is 3. The smallest absolute Gasteiger partial charge is 0.325 e. The number of nitrogens with zero attached hydrogens (tertiary/aromatic N) is 2. The summed E-state index contributed by atoms with van der Waals surface area (Å²) in [5, 5.41) is 3.17. The Labute approximate surface area is 127 Å². The van der Waals surface area contributed by atoms with Gasteiger partial charge < -0.3 is 10.2 Å². The molecule has 0 spiro atoms. The molecule has 1 atom stereocenters. The van der Waals surface area contributed by atoms with E-state index in [9.17, 15) is 14.4 Å². The molecule has 0 bridgehead atoms. The standard InChI is InChI=1S/C14H16ClN3O3/c1-14(9-4-6-10(15)7-5-9)12(20)18(13(21)16-14)8-11(19)17(2)3/h4-7H,8H2,1-3H3,(H,16,21)/t14-/m0/s1. The van der Waals surface area contributed by atoms with Gasteiger partial charge in [0, 0.05) is 19.1 Å². The molecule has 1 aliphatic heterocycles. The number of carbonyl (C=O) groups is 3. The van der Waals surface area contributed by atoms with Crippen LogP contribution in [0.1, 0.15) is 12.5 Å². The molecule has 1 aliphatic rings. The van der Waals surface area contributed by atoms with E-state index in [-0.39, 0.29) is 12.5 Å². The Morgan fingerprint density at radius 1 is 1.29 bits per heavy atom. The first-order valence-corrected chi connectivity index (χ1v) is 6.74. The zero-order valence-corrected chi connectivity index (χ0v) is 12.8. The topological polar surface area (TPSA) is 69.7 Å². The molecule has 1 saturated heterocycles. The SMILES string of the molecule is CN(C)C(=O)CN1C(=O)N[C@@](C)(c2ccc(Cl)cc2)C1=O. The lowest BCUT2D eigenvalue weighted by Gasteiger charge is -2.22. The molecule has 1 fully saturated rings. The minimum atomic E-state index is -1.19. The molecule has 0 saturated carbocycles. The van der Waals surface area contributed by atoms with Crippen LogP contribution >= 0.6 is 11.6 Å². The van der Waals surface area contributed by atoms with E-state index in [1.54, 1.807) is 45.3 Å². The Balaban J connectivity index is 2.28. The third-order valence-corrected chi connectivity index (χ3v) is 3.74. The maximum atomic E-state index is 12.5. The van der Waals surface area contributed by atoms with E-state index in [0.717, 1.165) is 4.90 Å². The third-order valence-electron chi connectivity index (χ3n) is 3.49. The van der Waals surface area contributed by atoms with Crippen LogP contribution in [0.3, 0.4) is 0 Å². The predicted molar refractivity (Wildman–Crippen MR) is 77.7 cm³/mol. The minimum Gasteiger partial charge on any atom is -0.347 e. The lowest BCUT2D eigenvalue weighted by molar-refractivity contribution is -0.137. The summed E-state index contributed by atoms with van der Waals surface area (Å²) in [4.78, 5) is 38.5. The first-order valence-electron chi connectivity index (χ1n) is 6.36. The van der Waals surface area contributed by atoms with Crippen molar-refractivity contribution in [2.45, 2.75) is 12.5 Å². The van der Waals surface area contributed by atoms with Gasteiger partial charge in [0.05, 0.1) is 0 Å². The van der Waals surface area contributed by atoms with Gasteiger partial charge in [-0.1, -0.05) is 23.7 Å². The Morgan fingerprint density at radius 2 is 1.86 bits per heavy atom. The molecule has 7 heteroatoms. The van der Waals surface area contributed by atoms with Crippen molar-refractivity contribution in [3.8, 4) is 0 Å². The monoisotopic (exact) mass is 309 g/mol. The fourth-order valence-corrected chi connectivity index (χ4v) is 2.22. The number of hydrogen-bond donors (Lipinski definition) is 1. The summed E-state index contributed by atoms with van der Waals surface area (Å²) in [5.74, 6) is -0.774. The summed E-state index contributed by atoms with van der Waals surface area (Å²) >= 11 is 5.83. The van der Waals surface area contributed by atoms with E-state index in [4.69, 9.17) is 11.6 Å². The predicted octanol–water partition coefficient (Wildman–Crippen LogP) is 1.20. The van der Waals surface area contributed by atoms with E-state index in [2.05, 4.69) is 5.32 Å². The van der Waals surface area contributed by atoms with Crippen LogP contribution in [0, 0.1) is 0 Å². The molecule has 1 aromatic rings. The van der Waals surface area contributed by atoms with E-state index in [1.807, 2.05) is 0 Å². The third kappa shape index (κ3) is 2.71. The summed E-state index contributed by atoms with van der Waals surface area (Å²) in [6.45, 7) is 1.33. The molecule has 0 unspecified atom stereocenters. The van der Waals surface area contributed by atoms with Crippen molar-refractivity contribution in [3.05, 3.63) is 34.9 Å². The van der Waals surface area contributed by atoms with Gasteiger partial charge in [0.1, 0.15) is 12.1 Å². The molecular formula is C14H16ClN3O3. The van der Waals surface area contributed by atoms with Crippen LogP contribution in [0.4, 0.5) is 4.79 Å². The normalized spacial score (nSPS) is 21.4. The highest BCUT2D eigenvalue weighted by atomic mass is 35.5. The second kappa shape index (κ2) is 5.37. The van der Waals surface area contributed by atoms with Crippen molar-refractivity contribution >= 4 is 29.4 Å². The van der Waals surface area contributed by atoms with Crippen molar-refractivity contribution in [2.24, 2.45) is 0 Å². The van der Waals surface area contributed by atoms with Gasteiger partial charge in [-0.2, -0.15) is 0 Å². The van der Waals surface area contributed by atoms with Gasteiger partial charge in [0.15, 0.2) is 0 Å². The number of carbonyl (C=O) groups excluding carboxylic acids is 3. The highest BCUT2D eigenvalue weighted by molar-refractivity contribution is 6.30. The minimum absolute atomic E-state index is 0.277. The Hall–Kier alpha value is -2.08. The molecule has 21 heavy (non-hydrogen) atoms. The molecule has 6 nitrogen and oxygen atoms in total. The largest absolute Gasteiger partial charge is 0.347 e. The summed E-state index contributed by atoms with van der Waals surface area (Å²) < 4.78 is 0. The number of urea groups is 1. The maximum absolute atomic E-state index is 12.5. The van der Waals surface area contributed by atoms with Gasteiger partial charge in [0.2, 0.25) is 5.91 Å². The van der Waals surface area contributed by atoms with Gasteiger partial charge in [-0.3, -0.25) is 14.5 Å². The first kappa shape index (κ1) is 15.3. The van der Waals surface area contributed by atoms with Crippen molar-refractivity contribution in [1.29, 1.82) is 0 Å². The van der Waals surface area contributed by atoms with Crippen LogP contribution in [0.5, 0.6) is 0 Å². The number of halogens is 1. The van der Waals surface area contributed by atoms with Gasteiger partial charge in [-0.25, -0.2) is 4.79 Å². The molecule has 1 N–H and O–H groups in total. The Morgan fingerprint density at radius 3 is 2.38 bits per heavy atom. The lowest BCUT2D eigenvalue weighted by Crippen LogP contribution is -2.43. The zero-order valence-electron chi connectivity index (χ0n) is 12.0. The van der Waals surface area contributed by atoms with Gasteiger partial charge >= 0.3 is 6.03 Å². The van der Waals surface area contributed by atoms with E-state index in [1.165, 1.54) is 4.90 Å². The molecular weight excluding hydrogens is 294 g/mol. The van der Waals surface area contributed by atoms with Crippen LogP contribution < -0.4 is 5.32 Å². The van der Waals surface area contributed by atoms with Crippen LogP contribution in [-0.4, -0.2) is 48.3 Å². The highest BCUT2D eigenvalue weighted by Gasteiger charge is 2.49. The van der Waals surface area contributed by atoms with Crippen molar-refractivity contribution < 1.29 is 14.4 Å². The number of imide groups is 1. The molecule has 0 radical (unpaired) electrons. The van der Waals surface area contributed by atoms with Crippen molar-refractivity contribution in [2.75, 3.05) is 20.6 Å². The number of nitrogens with one attached hydrogen (secondary N) is 1. The van der Waals surface area contributed by atoms with Crippen molar-refractivity contribution in [3.63, 3.8) is 0 Å². The second-order valence-corrected chi connectivity index (χ2v) is 5.68. The Kier molecular flexibility index (Phi) is 3.91.